The van der Waals surface area contributed by atoms with Crippen molar-refractivity contribution in [1.29, 1.82) is 0 Å². The lowest BCUT2D eigenvalue weighted by atomic mass is 9.90. The Morgan fingerprint density at radius 1 is 1.00 bits per heavy atom. The van der Waals surface area contributed by atoms with E-state index in [1.807, 2.05) is 0 Å². The van der Waals surface area contributed by atoms with E-state index in [2.05, 4.69) is 0 Å². The smallest absolute Gasteiger partial charge is 0.244 e. The van der Waals surface area contributed by atoms with Gasteiger partial charge in [-0.1, -0.05) is 18.2 Å². The Bertz CT molecular complexity index is 959. The fourth-order valence-electron chi connectivity index (χ4n) is 4.05. The third-order valence-corrected chi connectivity index (χ3v) is 7.47. The SMILES string of the molecule is O=S(=O)(c1cccc(F)c1)N1[C@H](c2cccc(F)c2)CCC[C@@H]1C1(O)CC1. The molecule has 2 aliphatic rings. The van der Waals surface area contributed by atoms with E-state index in [1.165, 1.54) is 34.6 Å². The quantitative estimate of drug-likeness (QED) is 0.860. The highest BCUT2D eigenvalue weighted by Crippen LogP contribution is 2.50. The van der Waals surface area contributed by atoms with Gasteiger partial charge in [0.05, 0.1) is 22.6 Å². The number of halogens is 2. The van der Waals surface area contributed by atoms with E-state index >= 15 is 0 Å². The third kappa shape index (κ3) is 3.39. The van der Waals surface area contributed by atoms with Crippen molar-refractivity contribution in [2.45, 2.75) is 54.7 Å². The van der Waals surface area contributed by atoms with Gasteiger partial charge in [-0.3, -0.25) is 0 Å². The minimum Gasteiger partial charge on any atom is -0.388 e. The van der Waals surface area contributed by atoms with E-state index in [9.17, 15) is 22.3 Å². The Kier molecular flexibility index (Phi) is 4.56. The van der Waals surface area contributed by atoms with E-state index in [4.69, 9.17) is 0 Å². The molecule has 0 spiro atoms. The normalized spacial score (nSPS) is 25.3. The minimum absolute atomic E-state index is 0.153. The molecule has 0 bridgehead atoms. The number of hydrogen-bond donors (Lipinski definition) is 1. The molecule has 2 fully saturated rings. The van der Waals surface area contributed by atoms with Crippen LogP contribution in [-0.2, 0) is 10.0 Å². The zero-order valence-electron chi connectivity index (χ0n) is 14.7. The maximum atomic E-state index is 13.8. The standard InChI is InChI=1S/C20H21F2NO3S/c21-15-5-1-4-14(12-15)18-8-3-9-19(20(24)10-11-20)23(18)27(25,26)17-7-2-6-16(22)13-17/h1-2,4-7,12-13,18-19,24H,3,8-11H2/t18-,19+/m0/s1. The average Bonchev–Trinajstić information content (AvgIpc) is 3.40. The largest absolute Gasteiger partial charge is 0.388 e. The van der Waals surface area contributed by atoms with Crippen LogP contribution >= 0.6 is 0 Å². The predicted molar refractivity (Wildman–Crippen MR) is 96.4 cm³/mol. The molecule has 1 aliphatic carbocycles. The van der Waals surface area contributed by atoms with Gasteiger partial charge in [-0.15, -0.1) is 0 Å². The first-order valence-corrected chi connectivity index (χ1v) is 10.5. The summed E-state index contributed by atoms with van der Waals surface area (Å²) in [6.07, 6.45) is 2.83. The van der Waals surface area contributed by atoms with Gasteiger partial charge >= 0.3 is 0 Å². The summed E-state index contributed by atoms with van der Waals surface area (Å²) in [6, 6.07) is 9.56. The van der Waals surface area contributed by atoms with E-state index < -0.39 is 39.3 Å². The average molecular weight is 393 g/mol. The van der Waals surface area contributed by atoms with Gasteiger partial charge < -0.3 is 5.11 Å². The van der Waals surface area contributed by atoms with Crippen molar-refractivity contribution in [1.82, 2.24) is 4.31 Å². The molecule has 0 amide bonds. The molecular formula is C20H21F2NO3S. The van der Waals surface area contributed by atoms with Gasteiger partial charge in [0, 0.05) is 0 Å². The first-order valence-electron chi connectivity index (χ1n) is 9.08. The van der Waals surface area contributed by atoms with Crippen molar-refractivity contribution in [3.8, 4) is 0 Å². The molecule has 2 aromatic rings. The highest BCUT2D eigenvalue weighted by Gasteiger charge is 2.55. The summed E-state index contributed by atoms with van der Waals surface area (Å²) in [5.41, 5.74) is -0.518. The van der Waals surface area contributed by atoms with Gasteiger partial charge in [0.2, 0.25) is 10.0 Å². The Labute approximate surface area is 157 Å². The topological polar surface area (TPSA) is 57.6 Å². The molecule has 1 heterocycles. The van der Waals surface area contributed by atoms with Crippen LogP contribution in [0.5, 0.6) is 0 Å². The van der Waals surface area contributed by atoms with Crippen molar-refractivity contribution in [3.05, 3.63) is 65.7 Å². The van der Waals surface area contributed by atoms with Crippen molar-refractivity contribution in [2.75, 3.05) is 0 Å². The lowest BCUT2D eigenvalue weighted by Crippen LogP contribution is -2.52. The first kappa shape index (κ1) is 18.5. The first-order chi connectivity index (χ1) is 12.8. The van der Waals surface area contributed by atoms with Crippen molar-refractivity contribution < 1.29 is 22.3 Å². The van der Waals surface area contributed by atoms with Crippen molar-refractivity contribution >= 4 is 10.0 Å². The molecule has 0 radical (unpaired) electrons. The second-order valence-electron chi connectivity index (χ2n) is 7.41. The number of aliphatic hydroxyl groups is 1. The zero-order chi connectivity index (χ0) is 19.2. The summed E-state index contributed by atoms with van der Waals surface area (Å²) in [5, 5.41) is 10.8. The number of benzene rings is 2. The number of sulfonamides is 1. The maximum Gasteiger partial charge on any atom is 0.244 e. The Morgan fingerprint density at radius 3 is 2.30 bits per heavy atom. The molecule has 1 N–H and O–H groups in total. The molecule has 7 heteroatoms. The van der Waals surface area contributed by atoms with Gasteiger partial charge in [-0.2, -0.15) is 4.31 Å². The lowest BCUT2D eigenvalue weighted by molar-refractivity contribution is 0.0267. The molecule has 4 nitrogen and oxygen atoms in total. The van der Waals surface area contributed by atoms with Crippen LogP contribution in [0.25, 0.3) is 0 Å². The van der Waals surface area contributed by atoms with Crippen LogP contribution in [0.15, 0.2) is 53.4 Å². The summed E-state index contributed by atoms with van der Waals surface area (Å²) >= 11 is 0. The van der Waals surface area contributed by atoms with Crippen molar-refractivity contribution in [2.24, 2.45) is 0 Å². The van der Waals surface area contributed by atoms with Crippen LogP contribution < -0.4 is 0 Å². The second-order valence-corrected chi connectivity index (χ2v) is 9.26. The van der Waals surface area contributed by atoms with Gasteiger partial charge in [0.1, 0.15) is 11.6 Å². The zero-order valence-corrected chi connectivity index (χ0v) is 15.5. The predicted octanol–water partition coefficient (Wildman–Crippen LogP) is 3.77. The number of nitrogens with zero attached hydrogens (tertiary/aromatic N) is 1. The van der Waals surface area contributed by atoms with Gasteiger partial charge in [-0.25, -0.2) is 17.2 Å². The second kappa shape index (κ2) is 6.65. The minimum atomic E-state index is -4.08. The van der Waals surface area contributed by atoms with Gasteiger partial charge in [0.15, 0.2) is 0 Å². The Morgan fingerprint density at radius 2 is 1.67 bits per heavy atom. The maximum absolute atomic E-state index is 13.8. The summed E-state index contributed by atoms with van der Waals surface area (Å²) in [4.78, 5) is -0.153. The van der Waals surface area contributed by atoms with Crippen LogP contribution in [0.4, 0.5) is 8.78 Å². The molecule has 0 unspecified atom stereocenters. The molecule has 1 aliphatic heterocycles. The summed E-state index contributed by atoms with van der Waals surface area (Å²) in [5.74, 6) is -1.08. The summed E-state index contributed by atoms with van der Waals surface area (Å²) in [6.45, 7) is 0. The van der Waals surface area contributed by atoms with Crippen LogP contribution in [0.2, 0.25) is 0 Å². The molecule has 1 saturated heterocycles. The highest BCUT2D eigenvalue weighted by molar-refractivity contribution is 7.89. The molecule has 2 aromatic carbocycles. The van der Waals surface area contributed by atoms with Crippen LogP contribution in [0.3, 0.4) is 0 Å². The van der Waals surface area contributed by atoms with Crippen molar-refractivity contribution in [3.63, 3.8) is 0 Å². The lowest BCUT2D eigenvalue weighted by Gasteiger charge is -2.43. The number of piperidine rings is 1. The number of hydrogen-bond acceptors (Lipinski definition) is 3. The molecule has 0 aromatic heterocycles. The molecular weight excluding hydrogens is 372 g/mol. The van der Waals surface area contributed by atoms with Crippen LogP contribution in [-0.4, -0.2) is 29.5 Å². The van der Waals surface area contributed by atoms with E-state index in [-0.39, 0.29) is 4.90 Å². The summed E-state index contributed by atoms with van der Waals surface area (Å²) < 4.78 is 55.7. The molecule has 1 saturated carbocycles. The van der Waals surface area contributed by atoms with E-state index in [0.29, 0.717) is 31.2 Å². The Hall–Kier alpha value is -1.83. The van der Waals surface area contributed by atoms with Crippen LogP contribution in [0.1, 0.15) is 43.7 Å². The molecule has 2 atom stereocenters. The fourth-order valence-corrected chi connectivity index (χ4v) is 6.01. The van der Waals surface area contributed by atoms with Gasteiger partial charge in [-0.05, 0) is 68.0 Å². The molecule has 144 valence electrons. The van der Waals surface area contributed by atoms with Crippen LogP contribution in [0, 0.1) is 11.6 Å². The van der Waals surface area contributed by atoms with E-state index in [1.54, 1.807) is 12.1 Å². The monoisotopic (exact) mass is 393 g/mol. The summed E-state index contributed by atoms with van der Waals surface area (Å²) in [7, 11) is -4.08. The Balaban J connectivity index is 1.83. The third-order valence-electron chi connectivity index (χ3n) is 5.56. The fraction of sp³-hybridized carbons (Fsp3) is 0.400. The highest BCUT2D eigenvalue weighted by atomic mass is 32.2. The molecule has 27 heavy (non-hydrogen) atoms. The van der Waals surface area contributed by atoms with Gasteiger partial charge in [0.25, 0.3) is 0 Å². The number of rotatable bonds is 4. The molecule has 4 rings (SSSR count). The van der Waals surface area contributed by atoms with E-state index in [0.717, 1.165) is 12.5 Å².